The number of nitrogens with one attached hydrogen (secondary N) is 1. The number of amides is 1. The van der Waals surface area contributed by atoms with E-state index in [2.05, 4.69) is 10.3 Å². The van der Waals surface area contributed by atoms with Crippen LogP contribution in [-0.2, 0) is 9.47 Å². The monoisotopic (exact) mass is 298 g/mol. The molecule has 1 amide bonds. The Morgan fingerprint density at radius 2 is 1.90 bits per heavy atom. The molecule has 0 saturated heterocycles. The van der Waals surface area contributed by atoms with Gasteiger partial charge in [-0.15, -0.1) is 0 Å². The lowest BCUT2D eigenvalue weighted by atomic mass is 9.95. The predicted octanol–water partition coefficient (Wildman–Crippen LogP) is 3.21. The Morgan fingerprint density at radius 3 is 2.33 bits per heavy atom. The van der Waals surface area contributed by atoms with E-state index in [1.54, 1.807) is 34.6 Å². The molecule has 0 aromatic carbocycles. The minimum Gasteiger partial charge on any atom is -0.444 e. The number of hydrogen-bond acceptors (Lipinski definition) is 4. The molecule has 1 N–H and O–H groups in total. The third-order valence-electron chi connectivity index (χ3n) is 2.93. The van der Waals surface area contributed by atoms with Gasteiger partial charge in [0.05, 0.1) is 17.5 Å². The molecule has 6 heteroatoms. The van der Waals surface area contributed by atoms with Crippen LogP contribution in [0, 0.1) is 5.82 Å². The van der Waals surface area contributed by atoms with Crippen molar-refractivity contribution >= 4 is 6.09 Å². The molecule has 0 spiro atoms. The summed E-state index contributed by atoms with van der Waals surface area (Å²) in [5.41, 5.74) is -0.849. The number of pyridine rings is 1. The number of carbonyl (C=O) groups excluding carboxylic acids is 1. The molecule has 1 aromatic heterocycles. The largest absolute Gasteiger partial charge is 0.444 e. The molecule has 0 fully saturated rings. The second kappa shape index (κ2) is 6.39. The second-order valence-corrected chi connectivity index (χ2v) is 6.29. The Hall–Kier alpha value is -1.69. The van der Waals surface area contributed by atoms with E-state index >= 15 is 0 Å². The summed E-state index contributed by atoms with van der Waals surface area (Å²) >= 11 is 0. The zero-order valence-corrected chi connectivity index (χ0v) is 13.4. The van der Waals surface area contributed by atoms with Gasteiger partial charge in [-0.3, -0.25) is 4.98 Å². The van der Waals surface area contributed by atoms with Crippen molar-refractivity contribution in [3.05, 3.63) is 29.8 Å². The van der Waals surface area contributed by atoms with Gasteiger partial charge in [-0.2, -0.15) is 0 Å². The van der Waals surface area contributed by atoms with Gasteiger partial charge in [-0.05, 0) is 46.8 Å². The van der Waals surface area contributed by atoms with Crippen molar-refractivity contribution < 1.29 is 18.7 Å². The first-order valence-electron chi connectivity index (χ1n) is 6.71. The van der Waals surface area contributed by atoms with Crippen molar-refractivity contribution in [1.82, 2.24) is 10.3 Å². The van der Waals surface area contributed by atoms with Crippen molar-refractivity contribution in [2.24, 2.45) is 0 Å². The number of ether oxygens (including phenoxy) is 2. The number of methoxy groups -OCH3 is 1. The highest BCUT2D eigenvalue weighted by Gasteiger charge is 2.34. The topological polar surface area (TPSA) is 60.5 Å². The molecule has 0 bridgehead atoms. The highest BCUT2D eigenvalue weighted by Crippen LogP contribution is 2.27. The van der Waals surface area contributed by atoms with Gasteiger partial charge in [0, 0.05) is 7.11 Å². The van der Waals surface area contributed by atoms with Gasteiger partial charge < -0.3 is 14.8 Å². The molecule has 0 aliphatic heterocycles. The van der Waals surface area contributed by atoms with Gasteiger partial charge in [0.2, 0.25) is 0 Å². The number of rotatable bonds is 4. The minimum absolute atomic E-state index is 0.440. The molecule has 1 rings (SSSR count). The summed E-state index contributed by atoms with van der Waals surface area (Å²) in [5, 5.41) is 2.73. The minimum atomic E-state index is -0.734. The van der Waals surface area contributed by atoms with E-state index in [0.717, 1.165) is 6.20 Å². The van der Waals surface area contributed by atoms with Gasteiger partial charge in [0.25, 0.3) is 0 Å². The van der Waals surface area contributed by atoms with E-state index < -0.39 is 29.2 Å². The second-order valence-electron chi connectivity index (χ2n) is 6.29. The summed E-state index contributed by atoms with van der Waals surface area (Å²) in [6.07, 6.45) is 0.522. The molecule has 0 aliphatic rings. The fraction of sp³-hybridized carbons (Fsp3) is 0.600. The van der Waals surface area contributed by atoms with Crippen molar-refractivity contribution in [2.75, 3.05) is 7.11 Å². The zero-order valence-electron chi connectivity index (χ0n) is 13.4. The number of alkyl carbamates (subject to hydrolysis) is 1. The van der Waals surface area contributed by atoms with Crippen LogP contribution in [0.5, 0.6) is 0 Å². The predicted molar refractivity (Wildman–Crippen MR) is 77.4 cm³/mol. The number of nitrogens with zero attached hydrogens (tertiary/aromatic N) is 1. The Labute approximate surface area is 124 Å². The smallest absolute Gasteiger partial charge is 0.408 e. The molecule has 5 nitrogen and oxygen atoms in total. The summed E-state index contributed by atoms with van der Waals surface area (Å²) in [5.74, 6) is -0.440. The van der Waals surface area contributed by atoms with Crippen LogP contribution in [0.3, 0.4) is 0 Å². The number of hydrogen-bond donors (Lipinski definition) is 1. The lowest BCUT2D eigenvalue weighted by Gasteiger charge is -2.33. The first kappa shape index (κ1) is 17.4. The normalized spacial score (nSPS) is 13.7. The van der Waals surface area contributed by atoms with Crippen LogP contribution in [0.15, 0.2) is 18.3 Å². The quantitative estimate of drug-likeness (QED) is 0.927. The average molecular weight is 298 g/mol. The van der Waals surface area contributed by atoms with E-state index in [0.29, 0.717) is 5.69 Å². The molecule has 118 valence electrons. The van der Waals surface area contributed by atoms with Crippen molar-refractivity contribution in [2.45, 2.75) is 51.9 Å². The molecule has 1 heterocycles. The summed E-state index contributed by atoms with van der Waals surface area (Å²) in [6, 6.07) is 2.23. The molecule has 1 atom stereocenters. The first-order chi connectivity index (χ1) is 9.55. The molecule has 0 radical (unpaired) electrons. The summed E-state index contributed by atoms with van der Waals surface area (Å²) in [7, 11) is 1.54. The maximum absolute atomic E-state index is 13.0. The van der Waals surface area contributed by atoms with Gasteiger partial charge in [-0.1, -0.05) is 0 Å². The lowest BCUT2D eigenvalue weighted by Crippen LogP contribution is -2.45. The van der Waals surface area contributed by atoms with Gasteiger partial charge in [0.1, 0.15) is 17.5 Å². The Balaban J connectivity index is 2.99. The Bertz CT molecular complexity index is 481. The van der Waals surface area contributed by atoms with Crippen LogP contribution in [0.2, 0.25) is 0 Å². The third kappa shape index (κ3) is 5.30. The molecular weight excluding hydrogens is 275 g/mol. The van der Waals surface area contributed by atoms with E-state index in [9.17, 15) is 9.18 Å². The van der Waals surface area contributed by atoms with Crippen LogP contribution >= 0.6 is 0 Å². The highest BCUT2D eigenvalue weighted by molar-refractivity contribution is 5.68. The van der Waals surface area contributed by atoms with Crippen molar-refractivity contribution in [3.8, 4) is 0 Å². The van der Waals surface area contributed by atoms with Crippen LogP contribution in [0.1, 0.15) is 46.4 Å². The SMILES string of the molecule is COC(C)(C)[C@H](NC(=O)OC(C)(C)C)c1ccc(F)cn1. The summed E-state index contributed by atoms with van der Waals surface area (Å²) < 4.78 is 23.7. The van der Waals surface area contributed by atoms with Crippen molar-refractivity contribution in [1.29, 1.82) is 0 Å². The van der Waals surface area contributed by atoms with Gasteiger partial charge >= 0.3 is 6.09 Å². The summed E-state index contributed by atoms with van der Waals surface area (Å²) in [6.45, 7) is 8.94. The molecular formula is C15H23FN2O3. The van der Waals surface area contributed by atoms with Crippen LogP contribution in [0.4, 0.5) is 9.18 Å². The fourth-order valence-electron chi connectivity index (χ4n) is 1.71. The third-order valence-corrected chi connectivity index (χ3v) is 2.93. The molecule has 0 saturated carbocycles. The molecule has 21 heavy (non-hydrogen) atoms. The molecule has 0 aliphatic carbocycles. The lowest BCUT2D eigenvalue weighted by molar-refractivity contribution is -0.0182. The fourth-order valence-corrected chi connectivity index (χ4v) is 1.71. The average Bonchev–Trinajstić information content (AvgIpc) is 2.35. The Morgan fingerprint density at radius 1 is 1.29 bits per heavy atom. The maximum atomic E-state index is 13.0. The highest BCUT2D eigenvalue weighted by atomic mass is 19.1. The first-order valence-corrected chi connectivity index (χ1v) is 6.71. The van der Waals surface area contributed by atoms with Crippen LogP contribution in [0.25, 0.3) is 0 Å². The van der Waals surface area contributed by atoms with E-state index in [1.807, 2.05) is 0 Å². The Kier molecular flexibility index (Phi) is 5.28. The van der Waals surface area contributed by atoms with Gasteiger partial charge in [0.15, 0.2) is 0 Å². The maximum Gasteiger partial charge on any atom is 0.408 e. The number of aromatic nitrogens is 1. The van der Waals surface area contributed by atoms with Gasteiger partial charge in [-0.25, -0.2) is 9.18 Å². The van der Waals surface area contributed by atoms with E-state index in [1.165, 1.54) is 19.2 Å². The standard InChI is InChI=1S/C15H23FN2O3/c1-14(2,3)21-13(19)18-12(15(4,5)20-6)11-8-7-10(16)9-17-11/h7-9,12H,1-6H3,(H,18,19)/t12-/m1/s1. The summed E-state index contributed by atoms with van der Waals surface area (Å²) in [4.78, 5) is 16.0. The molecule has 0 unspecified atom stereocenters. The zero-order chi connectivity index (χ0) is 16.3. The van der Waals surface area contributed by atoms with E-state index in [4.69, 9.17) is 9.47 Å². The number of carbonyl (C=O) groups is 1. The van der Waals surface area contributed by atoms with E-state index in [-0.39, 0.29) is 0 Å². The van der Waals surface area contributed by atoms with Crippen molar-refractivity contribution in [3.63, 3.8) is 0 Å². The van der Waals surface area contributed by atoms with Crippen LogP contribution < -0.4 is 5.32 Å². The number of halogens is 1. The molecule has 1 aromatic rings. The van der Waals surface area contributed by atoms with Crippen LogP contribution in [-0.4, -0.2) is 29.4 Å².